The van der Waals surface area contributed by atoms with Crippen molar-refractivity contribution in [3.05, 3.63) is 12.2 Å². The highest BCUT2D eigenvalue weighted by atomic mass is 16.4. The van der Waals surface area contributed by atoms with Crippen LogP contribution < -0.4 is 0 Å². The maximum Gasteiger partial charge on any atom is 0.326 e. The first-order chi connectivity index (χ1) is 8.18. The Morgan fingerprint density at radius 3 is 2.76 bits per heavy atom. The Morgan fingerprint density at radius 1 is 1.29 bits per heavy atom. The molecule has 4 heteroatoms. The van der Waals surface area contributed by atoms with E-state index in [9.17, 15) is 9.59 Å². The van der Waals surface area contributed by atoms with E-state index in [4.69, 9.17) is 5.11 Å². The molecule has 1 saturated heterocycles. The van der Waals surface area contributed by atoms with Crippen molar-refractivity contribution in [1.82, 2.24) is 4.90 Å². The normalized spacial score (nSPS) is 28.4. The van der Waals surface area contributed by atoms with Crippen LogP contribution in [0.5, 0.6) is 0 Å². The van der Waals surface area contributed by atoms with Crippen LogP contribution in [0.15, 0.2) is 12.2 Å². The number of piperidine rings is 1. The second kappa shape index (κ2) is 5.34. The lowest BCUT2D eigenvalue weighted by molar-refractivity contribution is -0.152. The van der Waals surface area contributed by atoms with Crippen LogP contribution in [0.1, 0.15) is 38.5 Å². The Bertz CT molecular complexity index is 338. The number of carbonyl (C=O) groups excluding carboxylic acids is 1. The summed E-state index contributed by atoms with van der Waals surface area (Å²) < 4.78 is 0. The van der Waals surface area contributed by atoms with Crippen LogP contribution in [0.3, 0.4) is 0 Å². The lowest BCUT2D eigenvalue weighted by atomic mass is 9.99. The summed E-state index contributed by atoms with van der Waals surface area (Å²) in [6, 6.07) is -0.596. The van der Waals surface area contributed by atoms with Crippen molar-refractivity contribution in [1.29, 1.82) is 0 Å². The molecule has 2 aliphatic rings. The molecule has 0 unspecified atom stereocenters. The molecule has 0 aromatic carbocycles. The van der Waals surface area contributed by atoms with E-state index in [0.29, 0.717) is 25.3 Å². The number of carboxylic acid groups (broad SMARTS) is 1. The lowest BCUT2D eigenvalue weighted by Gasteiger charge is -2.33. The predicted octanol–water partition coefficient (Wildman–Crippen LogP) is 1.81. The smallest absolute Gasteiger partial charge is 0.326 e. The van der Waals surface area contributed by atoms with E-state index < -0.39 is 12.0 Å². The minimum Gasteiger partial charge on any atom is -0.480 e. The number of hydrogen-bond donors (Lipinski definition) is 1. The van der Waals surface area contributed by atoms with Crippen molar-refractivity contribution < 1.29 is 14.7 Å². The molecule has 1 heterocycles. The summed E-state index contributed by atoms with van der Waals surface area (Å²) in [4.78, 5) is 24.8. The van der Waals surface area contributed by atoms with Gasteiger partial charge in [-0.3, -0.25) is 4.79 Å². The van der Waals surface area contributed by atoms with Crippen molar-refractivity contribution in [2.45, 2.75) is 44.6 Å². The van der Waals surface area contributed by atoms with Gasteiger partial charge in [-0.15, -0.1) is 0 Å². The van der Waals surface area contributed by atoms with Gasteiger partial charge in [-0.2, -0.15) is 0 Å². The fraction of sp³-hybridized carbons (Fsp3) is 0.692. The third-order valence-corrected chi connectivity index (χ3v) is 3.66. The Kier molecular flexibility index (Phi) is 3.82. The molecular weight excluding hydrogens is 218 g/mol. The molecule has 0 aromatic heterocycles. The van der Waals surface area contributed by atoms with Crippen LogP contribution in [-0.4, -0.2) is 34.5 Å². The number of rotatable bonds is 3. The molecule has 0 aromatic rings. The van der Waals surface area contributed by atoms with Crippen LogP contribution >= 0.6 is 0 Å². The third kappa shape index (κ3) is 2.87. The highest BCUT2D eigenvalue weighted by molar-refractivity contribution is 5.84. The Morgan fingerprint density at radius 2 is 2.12 bits per heavy atom. The molecule has 1 N–H and O–H groups in total. The first kappa shape index (κ1) is 12.1. The molecule has 0 bridgehead atoms. The summed E-state index contributed by atoms with van der Waals surface area (Å²) in [6.07, 6.45) is 9.15. The van der Waals surface area contributed by atoms with Crippen molar-refractivity contribution >= 4 is 11.9 Å². The maximum atomic E-state index is 12.1. The van der Waals surface area contributed by atoms with Crippen molar-refractivity contribution in [2.75, 3.05) is 6.54 Å². The van der Waals surface area contributed by atoms with E-state index in [-0.39, 0.29) is 5.91 Å². The molecule has 1 aliphatic carbocycles. The van der Waals surface area contributed by atoms with E-state index in [1.54, 1.807) is 4.90 Å². The van der Waals surface area contributed by atoms with E-state index in [2.05, 4.69) is 12.2 Å². The topological polar surface area (TPSA) is 57.6 Å². The summed E-state index contributed by atoms with van der Waals surface area (Å²) in [5, 5.41) is 9.11. The van der Waals surface area contributed by atoms with Gasteiger partial charge in [0.2, 0.25) is 5.91 Å². The van der Waals surface area contributed by atoms with Gasteiger partial charge in [0.1, 0.15) is 6.04 Å². The Balaban J connectivity index is 1.95. The Labute approximate surface area is 101 Å². The molecule has 0 saturated carbocycles. The van der Waals surface area contributed by atoms with Crippen LogP contribution in [0.4, 0.5) is 0 Å². The number of likely N-dealkylation sites (tertiary alicyclic amines) is 1. The van der Waals surface area contributed by atoms with Crippen molar-refractivity contribution in [3.63, 3.8) is 0 Å². The fourth-order valence-electron chi connectivity index (χ4n) is 2.69. The minimum absolute atomic E-state index is 0.00801. The zero-order valence-corrected chi connectivity index (χ0v) is 9.97. The predicted molar refractivity (Wildman–Crippen MR) is 63.5 cm³/mol. The number of carbonyl (C=O) groups is 2. The molecule has 1 fully saturated rings. The number of allylic oxidation sites excluding steroid dienone is 2. The molecule has 0 spiro atoms. The highest BCUT2D eigenvalue weighted by Crippen LogP contribution is 2.24. The van der Waals surface area contributed by atoms with Gasteiger partial charge in [-0.05, 0) is 38.0 Å². The van der Waals surface area contributed by atoms with Gasteiger partial charge in [0.15, 0.2) is 0 Å². The summed E-state index contributed by atoms with van der Waals surface area (Å²) in [5.41, 5.74) is 0. The van der Waals surface area contributed by atoms with Gasteiger partial charge < -0.3 is 10.0 Å². The zero-order chi connectivity index (χ0) is 12.3. The maximum absolute atomic E-state index is 12.1. The number of amides is 1. The van der Waals surface area contributed by atoms with Crippen LogP contribution in [-0.2, 0) is 9.59 Å². The lowest BCUT2D eigenvalue weighted by Crippen LogP contribution is -2.48. The molecule has 4 nitrogen and oxygen atoms in total. The van der Waals surface area contributed by atoms with E-state index in [1.807, 2.05) is 0 Å². The van der Waals surface area contributed by atoms with Gasteiger partial charge in [0.25, 0.3) is 0 Å². The molecule has 2 rings (SSSR count). The largest absolute Gasteiger partial charge is 0.480 e. The molecule has 94 valence electrons. The average molecular weight is 237 g/mol. The number of nitrogens with zero attached hydrogens (tertiary/aromatic N) is 1. The Hall–Kier alpha value is -1.32. The van der Waals surface area contributed by atoms with E-state index in [1.165, 1.54) is 0 Å². The molecule has 2 atom stereocenters. The SMILES string of the molecule is O=C(O)[C@@H]1CCCCN1C(=O)C[C@H]1C=CCC1. The monoisotopic (exact) mass is 237 g/mol. The van der Waals surface area contributed by atoms with Crippen molar-refractivity contribution in [2.24, 2.45) is 5.92 Å². The van der Waals surface area contributed by atoms with Crippen LogP contribution in [0, 0.1) is 5.92 Å². The second-order valence-corrected chi connectivity index (χ2v) is 4.91. The quantitative estimate of drug-likeness (QED) is 0.761. The van der Waals surface area contributed by atoms with E-state index >= 15 is 0 Å². The summed E-state index contributed by atoms with van der Waals surface area (Å²) in [7, 11) is 0. The van der Waals surface area contributed by atoms with Crippen molar-refractivity contribution in [3.8, 4) is 0 Å². The van der Waals surface area contributed by atoms with Crippen LogP contribution in [0.25, 0.3) is 0 Å². The first-order valence-electron chi connectivity index (χ1n) is 6.37. The van der Waals surface area contributed by atoms with Gasteiger partial charge in [-0.1, -0.05) is 12.2 Å². The average Bonchev–Trinajstić information content (AvgIpc) is 2.81. The summed E-state index contributed by atoms with van der Waals surface area (Å²) >= 11 is 0. The molecule has 0 radical (unpaired) electrons. The minimum atomic E-state index is -0.861. The molecule has 1 amide bonds. The van der Waals surface area contributed by atoms with Crippen LogP contribution in [0.2, 0.25) is 0 Å². The van der Waals surface area contributed by atoms with Gasteiger partial charge >= 0.3 is 5.97 Å². The highest BCUT2D eigenvalue weighted by Gasteiger charge is 2.32. The van der Waals surface area contributed by atoms with Gasteiger partial charge in [0, 0.05) is 13.0 Å². The second-order valence-electron chi connectivity index (χ2n) is 4.91. The molecular formula is C13H19NO3. The zero-order valence-electron chi connectivity index (χ0n) is 9.97. The summed E-state index contributed by atoms with van der Waals surface area (Å²) in [6.45, 7) is 0.603. The van der Waals surface area contributed by atoms with Gasteiger partial charge in [-0.25, -0.2) is 4.79 Å². The van der Waals surface area contributed by atoms with Gasteiger partial charge in [0.05, 0.1) is 0 Å². The third-order valence-electron chi connectivity index (χ3n) is 3.66. The summed E-state index contributed by atoms with van der Waals surface area (Å²) in [5.74, 6) is -0.535. The first-order valence-corrected chi connectivity index (χ1v) is 6.37. The number of carboxylic acids is 1. The fourth-order valence-corrected chi connectivity index (χ4v) is 2.69. The number of aliphatic carboxylic acids is 1. The standard InChI is InChI=1S/C13H19NO3/c15-12(9-10-5-1-2-6-10)14-8-4-3-7-11(14)13(16)17/h1,5,10-11H,2-4,6-9H2,(H,16,17)/t10-,11-/m0/s1. The van der Waals surface area contributed by atoms with E-state index in [0.717, 1.165) is 25.7 Å². The molecule has 1 aliphatic heterocycles. The molecule has 17 heavy (non-hydrogen) atoms. The number of hydrogen-bond acceptors (Lipinski definition) is 2.